The lowest BCUT2D eigenvalue weighted by Crippen LogP contribution is -2.04. The average Bonchev–Trinajstić information content (AvgIpc) is 2.46. The van der Waals surface area contributed by atoms with E-state index < -0.39 is 5.97 Å². The molecule has 20 heavy (non-hydrogen) atoms. The first-order valence-electron chi connectivity index (χ1n) is 6.30. The molecular weight excluding hydrogens is 252 g/mol. The van der Waals surface area contributed by atoms with Gasteiger partial charge in [-0.25, -0.2) is 9.78 Å². The molecule has 0 aliphatic rings. The normalized spacial score (nSPS) is 11.4. The monoisotopic (exact) mass is 268 g/mol. The fourth-order valence-corrected chi connectivity index (χ4v) is 1.93. The van der Waals surface area contributed by atoms with Crippen LogP contribution >= 0.6 is 0 Å². The molecule has 1 aromatic heterocycles. The number of nitrogens with zero attached hydrogens (tertiary/aromatic N) is 1. The van der Waals surface area contributed by atoms with Crippen LogP contribution in [0.3, 0.4) is 0 Å². The fraction of sp³-hybridized carbons (Fsp3) is 0.125. The summed E-state index contributed by atoms with van der Waals surface area (Å²) in [5.74, 6) is -1.04. The largest absolute Gasteiger partial charge is 0.477 e. The summed E-state index contributed by atoms with van der Waals surface area (Å²) in [7, 11) is 0. The van der Waals surface area contributed by atoms with Gasteiger partial charge in [-0.15, -0.1) is 0 Å². The molecule has 0 aliphatic heterocycles. The smallest absolute Gasteiger partial charge is 0.354 e. The van der Waals surface area contributed by atoms with Gasteiger partial charge in [-0.2, -0.15) is 0 Å². The van der Waals surface area contributed by atoms with E-state index in [1.54, 1.807) is 12.1 Å². The summed E-state index contributed by atoms with van der Waals surface area (Å²) in [6.45, 7) is 2.38. The molecule has 102 valence electrons. The average molecular weight is 268 g/mol. The van der Waals surface area contributed by atoms with E-state index in [0.717, 1.165) is 16.7 Å². The second-order valence-corrected chi connectivity index (χ2v) is 4.43. The Hall–Kier alpha value is -2.46. The number of carbonyl (C=O) groups is 1. The number of carboxylic acids is 1. The van der Waals surface area contributed by atoms with Crippen LogP contribution in [-0.4, -0.2) is 22.6 Å². The maximum Gasteiger partial charge on any atom is 0.354 e. The molecule has 0 atom stereocenters. The van der Waals surface area contributed by atoms with Crippen molar-refractivity contribution < 1.29 is 9.90 Å². The molecule has 2 rings (SSSR count). The van der Waals surface area contributed by atoms with Crippen molar-refractivity contribution in [2.24, 2.45) is 5.73 Å². The Labute approximate surface area is 117 Å². The molecule has 4 heteroatoms. The number of hydrogen-bond acceptors (Lipinski definition) is 3. The molecule has 1 heterocycles. The van der Waals surface area contributed by atoms with Crippen LogP contribution in [0.2, 0.25) is 0 Å². The van der Waals surface area contributed by atoms with E-state index in [4.69, 9.17) is 10.8 Å². The number of aryl methyl sites for hydroxylation is 1. The molecule has 0 amide bonds. The Balaban J connectivity index is 2.49. The van der Waals surface area contributed by atoms with Crippen molar-refractivity contribution in [3.8, 4) is 0 Å². The predicted octanol–water partition coefficient (Wildman–Crippen LogP) is 2.48. The number of pyridine rings is 1. The molecule has 1 aromatic carbocycles. The van der Waals surface area contributed by atoms with E-state index in [9.17, 15) is 4.79 Å². The zero-order chi connectivity index (χ0) is 14.5. The highest BCUT2D eigenvalue weighted by Crippen LogP contribution is 2.22. The maximum atomic E-state index is 11.0. The third-order valence-corrected chi connectivity index (χ3v) is 2.93. The summed E-state index contributed by atoms with van der Waals surface area (Å²) in [6.07, 6.45) is 1.85. The van der Waals surface area contributed by atoms with E-state index in [-0.39, 0.29) is 5.69 Å². The van der Waals surface area contributed by atoms with E-state index >= 15 is 0 Å². The summed E-state index contributed by atoms with van der Waals surface area (Å²) in [6, 6.07) is 12.9. The van der Waals surface area contributed by atoms with Crippen LogP contribution in [0.4, 0.5) is 0 Å². The topological polar surface area (TPSA) is 76.2 Å². The number of carboxylic acid groups (broad SMARTS) is 1. The van der Waals surface area contributed by atoms with Gasteiger partial charge in [0.25, 0.3) is 0 Å². The Morgan fingerprint density at radius 2 is 1.85 bits per heavy atom. The van der Waals surface area contributed by atoms with Crippen LogP contribution in [0, 0.1) is 6.92 Å². The fourth-order valence-electron chi connectivity index (χ4n) is 1.93. The number of aromatic carboxylic acids is 1. The second-order valence-electron chi connectivity index (χ2n) is 4.43. The van der Waals surface area contributed by atoms with Gasteiger partial charge >= 0.3 is 5.97 Å². The van der Waals surface area contributed by atoms with Crippen molar-refractivity contribution in [3.63, 3.8) is 0 Å². The van der Waals surface area contributed by atoms with Crippen LogP contribution in [0.25, 0.3) is 5.57 Å². The van der Waals surface area contributed by atoms with Crippen LogP contribution in [0.1, 0.15) is 27.3 Å². The van der Waals surface area contributed by atoms with E-state index in [1.807, 2.05) is 37.3 Å². The van der Waals surface area contributed by atoms with Gasteiger partial charge in [0, 0.05) is 12.1 Å². The molecule has 0 aliphatic carbocycles. The van der Waals surface area contributed by atoms with Crippen molar-refractivity contribution >= 4 is 11.5 Å². The number of rotatable bonds is 4. The summed E-state index contributed by atoms with van der Waals surface area (Å²) in [4.78, 5) is 15.2. The van der Waals surface area contributed by atoms with Crippen LogP contribution in [0.15, 0.2) is 48.5 Å². The SMILES string of the molecule is Cc1ccc(C(=CCN)c2cccc(C(=O)O)n2)cc1. The minimum atomic E-state index is -1.04. The van der Waals surface area contributed by atoms with Crippen LogP contribution in [0.5, 0.6) is 0 Å². The zero-order valence-corrected chi connectivity index (χ0v) is 11.2. The van der Waals surface area contributed by atoms with Gasteiger partial charge in [-0.05, 0) is 24.6 Å². The summed E-state index contributed by atoms with van der Waals surface area (Å²) >= 11 is 0. The molecular formula is C16H16N2O2. The summed E-state index contributed by atoms with van der Waals surface area (Å²) < 4.78 is 0. The molecule has 0 unspecified atom stereocenters. The number of benzene rings is 1. The molecule has 0 spiro atoms. The highest BCUT2D eigenvalue weighted by Gasteiger charge is 2.10. The van der Waals surface area contributed by atoms with Crippen molar-refractivity contribution in [2.45, 2.75) is 6.92 Å². The number of aromatic nitrogens is 1. The quantitative estimate of drug-likeness (QED) is 0.893. The standard InChI is InChI=1S/C16H16N2O2/c1-11-5-7-12(8-6-11)13(9-10-17)14-3-2-4-15(18-14)16(19)20/h2-9H,10,17H2,1H3,(H,19,20). The Morgan fingerprint density at radius 3 is 2.45 bits per heavy atom. The second kappa shape index (κ2) is 6.12. The Kier molecular flexibility index (Phi) is 4.27. The van der Waals surface area contributed by atoms with Gasteiger partial charge in [-0.1, -0.05) is 42.0 Å². The third-order valence-electron chi connectivity index (χ3n) is 2.93. The first-order chi connectivity index (χ1) is 9.61. The van der Waals surface area contributed by atoms with Gasteiger partial charge in [-0.3, -0.25) is 0 Å². The van der Waals surface area contributed by atoms with Gasteiger partial charge in [0.15, 0.2) is 0 Å². The molecule has 4 nitrogen and oxygen atoms in total. The van der Waals surface area contributed by atoms with Crippen molar-refractivity contribution in [1.29, 1.82) is 0 Å². The zero-order valence-electron chi connectivity index (χ0n) is 11.2. The van der Waals surface area contributed by atoms with Gasteiger partial charge in [0.2, 0.25) is 0 Å². The van der Waals surface area contributed by atoms with Gasteiger partial charge in [0.05, 0.1) is 5.69 Å². The Bertz CT molecular complexity index is 646. The minimum absolute atomic E-state index is 0.0255. The predicted molar refractivity (Wildman–Crippen MR) is 78.5 cm³/mol. The molecule has 0 fully saturated rings. The van der Waals surface area contributed by atoms with E-state index in [0.29, 0.717) is 12.2 Å². The lowest BCUT2D eigenvalue weighted by molar-refractivity contribution is 0.0690. The van der Waals surface area contributed by atoms with Gasteiger partial charge < -0.3 is 10.8 Å². The Morgan fingerprint density at radius 1 is 1.20 bits per heavy atom. The van der Waals surface area contributed by atoms with Crippen molar-refractivity contribution in [3.05, 3.63) is 71.1 Å². The number of hydrogen-bond donors (Lipinski definition) is 2. The highest BCUT2D eigenvalue weighted by atomic mass is 16.4. The van der Waals surface area contributed by atoms with Crippen molar-refractivity contribution in [1.82, 2.24) is 4.98 Å². The maximum absolute atomic E-state index is 11.0. The molecule has 2 aromatic rings. The van der Waals surface area contributed by atoms with Gasteiger partial charge in [0.1, 0.15) is 5.69 Å². The lowest BCUT2D eigenvalue weighted by atomic mass is 10.0. The summed E-state index contributed by atoms with van der Waals surface area (Å²) in [5.41, 5.74) is 9.22. The summed E-state index contributed by atoms with van der Waals surface area (Å²) in [5, 5.41) is 9.02. The molecule has 0 bridgehead atoms. The van der Waals surface area contributed by atoms with E-state index in [2.05, 4.69) is 4.98 Å². The number of nitrogens with two attached hydrogens (primary N) is 1. The minimum Gasteiger partial charge on any atom is -0.477 e. The molecule has 0 saturated heterocycles. The highest BCUT2D eigenvalue weighted by molar-refractivity contribution is 5.87. The first-order valence-corrected chi connectivity index (χ1v) is 6.30. The van der Waals surface area contributed by atoms with Crippen LogP contribution < -0.4 is 5.73 Å². The molecule has 0 saturated carbocycles. The first kappa shape index (κ1) is 14.0. The van der Waals surface area contributed by atoms with Crippen LogP contribution in [-0.2, 0) is 0 Å². The van der Waals surface area contributed by atoms with Crippen molar-refractivity contribution in [2.75, 3.05) is 6.54 Å². The lowest BCUT2D eigenvalue weighted by Gasteiger charge is -2.08. The van der Waals surface area contributed by atoms with E-state index in [1.165, 1.54) is 6.07 Å². The molecule has 3 N–H and O–H groups in total. The molecule has 0 radical (unpaired) electrons. The third kappa shape index (κ3) is 3.10.